The fourth-order valence-corrected chi connectivity index (χ4v) is 8.16. The van der Waals surface area contributed by atoms with E-state index in [0.29, 0.717) is 61.4 Å². The van der Waals surface area contributed by atoms with Gasteiger partial charge in [0.15, 0.2) is 0 Å². The van der Waals surface area contributed by atoms with Gasteiger partial charge in [0.1, 0.15) is 0 Å². The molecule has 3 N–H and O–H groups in total. The highest BCUT2D eigenvalue weighted by molar-refractivity contribution is 6.42. The van der Waals surface area contributed by atoms with Crippen molar-refractivity contribution in [2.45, 2.75) is 63.1 Å². The third kappa shape index (κ3) is 7.40. The molecule has 2 aromatic carbocycles. The molecule has 0 spiro atoms. The van der Waals surface area contributed by atoms with E-state index in [1.807, 2.05) is 40.1 Å². The number of carbonyl (C=O) groups excluding carboxylic acids is 2. The van der Waals surface area contributed by atoms with E-state index in [-0.39, 0.29) is 24.5 Å². The highest BCUT2D eigenvalue weighted by Gasteiger charge is 2.44. The van der Waals surface area contributed by atoms with Crippen molar-refractivity contribution in [3.8, 4) is 0 Å². The number of para-hydroxylation sites is 1. The van der Waals surface area contributed by atoms with Crippen LogP contribution >= 0.6 is 23.2 Å². The zero-order valence-corrected chi connectivity index (χ0v) is 27.7. The van der Waals surface area contributed by atoms with Crippen molar-refractivity contribution >= 4 is 46.9 Å². The number of hydrogen-bond donors (Lipinski definition) is 3. The number of halogens is 2. The summed E-state index contributed by atoms with van der Waals surface area (Å²) in [6.45, 7) is 6.17. The van der Waals surface area contributed by atoms with Crippen LogP contribution in [0.15, 0.2) is 42.5 Å². The molecule has 2 aromatic rings. The summed E-state index contributed by atoms with van der Waals surface area (Å²) < 4.78 is 0. The Morgan fingerprint density at radius 2 is 1.70 bits per heavy atom. The minimum absolute atomic E-state index is 0.0355. The minimum Gasteiger partial charge on any atom is -0.465 e. The average molecular weight is 672 g/mol. The van der Waals surface area contributed by atoms with Crippen LogP contribution in [0.1, 0.15) is 43.2 Å². The summed E-state index contributed by atoms with van der Waals surface area (Å²) in [5.41, 5.74) is 2.71. The topological polar surface area (TPSA) is 108 Å². The Bertz CT molecular complexity index is 1410. The first-order valence-corrected chi connectivity index (χ1v) is 17.4. The molecule has 0 bridgehead atoms. The molecule has 4 aliphatic heterocycles. The molecular formula is C34H44Cl2N6O4. The van der Waals surface area contributed by atoms with E-state index in [1.165, 1.54) is 4.90 Å². The maximum absolute atomic E-state index is 14.5. The zero-order valence-electron chi connectivity index (χ0n) is 26.2. The monoisotopic (exact) mass is 670 g/mol. The van der Waals surface area contributed by atoms with Gasteiger partial charge in [-0.1, -0.05) is 47.5 Å². The maximum atomic E-state index is 14.5. The Balaban J connectivity index is 1.24. The Morgan fingerprint density at radius 3 is 2.48 bits per heavy atom. The second-order valence-electron chi connectivity index (χ2n) is 13.0. The number of piperidine rings is 2. The van der Waals surface area contributed by atoms with Crippen molar-refractivity contribution in [2.75, 3.05) is 57.7 Å². The molecule has 0 saturated carbocycles. The van der Waals surface area contributed by atoms with Crippen LogP contribution in [0, 0.1) is 5.92 Å². The fourth-order valence-electron chi connectivity index (χ4n) is 7.84. The Morgan fingerprint density at radius 1 is 0.913 bits per heavy atom. The van der Waals surface area contributed by atoms with E-state index in [9.17, 15) is 19.5 Å². The lowest BCUT2D eigenvalue weighted by Gasteiger charge is -2.46. The fraction of sp³-hybridized carbons (Fsp3) is 0.559. The molecule has 3 atom stereocenters. The van der Waals surface area contributed by atoms with Crippen molar-refractivity contribution < 1.29 is 19.5 Å². The molecule has 248 valence electrons. The van der Waals surface area contributed by atoms with Crippen LogP contribution in [-0.2, 0) is 17.6 Å². The molecule has 3 saturated heterocycles. The number of benzene rings is 2. The number of nitrogens with zero attached hydrogens (tertiary/aromatic N) is 4. The van der Waals surface area contributed by atoms with Gasteiger partial charge in [-0.05, 0) is 87.4 Å². The number of carboxylic acid groups (broad SMARTS) is 1. The van der Waals surface area contributed by atoms with Crippen LogP contribution in [0.5, 0.6) is 0 Å². The van der Waals surface area contributed by atoms with Crippen LogP contribution in [0.25, 0.3) is 0 Å². The summed E-state index contributed by atoms with van der Waals surface area (Å²) in [7, 11) is 0. The van der Waals surface area contributed by atoms with Gasteiger partial charge < -0.3 is 30.4 Å². The molecule has 2 unspecified atom stereocenters. The highest BCUT2D eigenvalue weighted by atomic mass is 35.5. The van der Waals surface area contributed by atoms with Gasteiger partial charge in [0, 0.05) is 63.1 Å². The van der Waals surface area contributed by atoms with Gasteiger partial charge in [0.05, 0.1) is 16.0 Å². The summed E-state index contributed by atoms with van der Waals surface area (Å²) in [5.74, 6) is -0.672. The Labute approximate surface area is 281 Å². The molecule has 3 fully saturated rings. The Kier molecular flexibility index (Phi) is 10.6. The summed E-state index contributed by atoms with van der Waals surface area (Å²) in [5, 5.41) is 17.7. The average Bonchev–Trinajstić information content (AvgIpc) is 3.44. The lowest BCUT2D eigenvalue weighted by atomic mass is 9.82. The summed E-state index contributed by atoms with van der Waals surface area (Å²) in [4.78, 5) is 48.4. The second-order valence-corrected chi connectivity index (χ2v) is 13.8. The summed E-state index contributed by atoms with van der Waals surface area (Å²) in [6.07, 6.45) is 3.79. The highest BCUT2D eigenvalue weighted by Crippen LogP contribution is 2.34. The zero-order chi connectivity index (χ0) is 32.2. The number of nitrogens with one attached hydrogen (secondary N) is 2. The number of amides is 4. The largest absolute Gasteiger partial charge is 0.465 e. The van der Waals surface area contributed by atoms with Crippen molar-refractivity contribution in [1.82, 2.24) is 24.9 Å². The van der Waals surface area contributed by atoms with Crippen LogP contribution in [0.2, 0.25) is 10.0 Å². The van der Waals surface area contributed by atoms with Crippen LogP contribution in [0.3, 0.4) is 0 Å². The molecular weight excluding hydrogens is 627 g/mol. The van der Waals surface area contributed by atoms with Gasteiger partial charge in [-0.2, -0.15) is 0 Å². The van der Waals surface area contributed by atoms with Gasteiger partial charge in [0.25, 0.3) is 0 Å². The van der Waals surface area contributed by atoms with Crippen molar-refractivity contribution in [3.05, 3.63) is 63.6 Å². The molecule has 0 aromatic heterocycles. The van der Waals surface area contributed by atoms with E-state index in [4.69, 9.17) is 23.2 Å². The number of hydrogen-bond acceptors (Lipinski definition) is 5. The van der Waals surface area contributed by atoms with Gasteiger partial charge in [0.2, 0.25) is 5.91 Å². The molecule has 12 heteroatoms. The molecule has 0 radical (unpaired) electrons. The molecule has 4 heterocycles. The normalized spacial score (nSPS) is 24.0. The first-order valence-electron chi connectivity index (χ1n) is 16.6. The smallest absolute Gasteiger partial charge is 0.407 e. The molecule has 0 aliphatic carbocycles. The second kappa shape index (κ2) is 14.8. The first kappa shape index (κ1) is 32.9. The quantitative estimate of drug-likeness (QED) is 0.398. The molecule has 10 nitrogen and oxygen atoms in total. The Hall–Kier alpha value is -3.05. The molecule has 4 aliphatic rings. The van der Waals surface area contributed by atoms with E-state index >= 15 is 0 Å². The summed E-state index contributed by atoms with van der Waals surface area (Å²) in [6, 6.07) is 12.6. The van der Waals surface area contributed by atoms with Gasteiger partial charge >= 0.3 is 12.1 Å². The van der Waals surface area contributed by atoms with E-state index in [1.54, 1.807) is 12.1 Å². The predicted octanol–water partition coefficient (Wildman–Crippen LogP) is 5.04. The third-order valence-corrected chi connectivity index (χ3v) is 11.1. The lowest BCUT2D eigenvalue weighted by Crippen LogP contribution is -2.59. The van der Waals surface area contributed by atoms with Crippen molar-refractivity contribution in [3.63, 3.8) is 0 Å². The molecule has 46 heavy (non-hydrogen) atoms. The van der Waals surface area contributed by atoms with Crippen molar-refractivity contribution in [2.24, 2.45) is 5.92 Å². The molecule has 6 rings (SSSR count). The van der Waals surface area contributed by atoms with Crippen LogP contribution < -0.4 is 10.6 Å². The third-order valence-electron chi connectivity index (χ3n) is 10.3. The summed E-state index contributed by atoms with van der Waals surface area (Å²) >= 11 is 12.6. The number of likely N-dealkylation sites (tertiary alicyclic amines) is 2. The van der Waals surface area contributed by atoms with Crippen molar-refractivity contribution in [1.29, 1.82) is 0 Å². The van der Waals surface area contributed by atoms with Crippen LogP contribution in [-0.4, -0.2) is 113 Å². The standard InChI is InChI=1S/C34H44Cl2N6O4/c35-28-7-6-23(21-29(28)36)20-27(32(43)40-15-9-25(10-16-40)39-14-3-12-37-13-19-39)31-22-26(11-18-42(31)34(45)46)41-17-8-24-4-1-2-5-30(24)38-33(41)44/h1-2,4-7,21,25-27,31,37H,3,8-20,22H2,(H,38,44)(H,45,46)/t26?,27?,31-/m1/s1. The van der Waals surface area contributed by atoms with Gasteiger partial charge in [-0.25, -0.2) is 9.59 Å². The SMILES string of the molecule is O=C(C(Cc1ccc(Cl)c(Cl)c1)[C@H]1CC(N2CCc3ccccc3NC2=O)CCN1C(=O)O)N1CCC(N2CCCNCC2)CC1. The number of carbonyl (C=O) groups is 3. The number of rotatable bonds is 6. The number of urea groups is 1. The predicted molar refractivity (Wildman–Crippen MR) is 180 cm³/mol. The molecule has 4 amide bonds. The maximum Gasteiger partial charge on any atom is 0.407 e. The van der Waals surface area contributed by atoms with E-state index in [2.05, 4.69) is 15.5 Å². The van der Waals surface area contributed by atoms with E-state index in [0.717, 1.165) is 62.3 Å². The minimum atomic E-state index is -1.04. The lowest BCUT2D eigenvalue weighted by molar-refractivity contribution is -0.140. The van der Waals surface area contributed by atoms with E-state index < -0.39 is 18.1 Å². The first-order chi connectivity index (χ1) is 22.3. The van der Waals surface area contributed by atoms with Gasteiger partial charge in [-0.15, -0.1) is 0 Å². The number of anilines is 1. The van der Waals surface area contributed by atoms with Crippen LogP contribution in [0.4, 0.5) is 15.3 Å². The number of fused-ring (bicyclic) bond motifs is 1. The van der Waals surface area contributed by atoms with Gasteiger partial charge in [-0.3, -0.25) is 9.69 Å².